The first kappa shape index (κ1) is 19.4. The van der Waals surface area contributed by atoms with Gasteiger partial charge in [-0.25, -0.2) is 8.42 Å². The molecule has 144 valence electrons. The summed E-state index contributed by atoms with van der Waals surface area (Å²) in [7, 11) is -3.78. The Labute approximate surface area is 160 Å². The molecule has 4 N–H and O–H groups in total. The molecule has 0 aliphatic heterocycles. The molecule has 0 heterocycles. The lowest BCUT2D eigenvalue weighted by Gasteiger charge is -2.20. The van der Waals surface area contributed by atoms with E-state index in [9.17, 15) is 13.2 Å². The predicted octanol–water partition coefficient (Wildman–Crippen LogP) is 2.65. The van der Waals surface area contributed by atoms with Gasteiger partial charge in [0, 0.05) is 6.04 Å². The van der Waals surface area contributed by atoms with E-state index in [2.05, 4.69) is 10.0 Å². The monoisotopic (exact) mass is 387 g/mol. The summed E-state index contributed by atoms with van der Waals surface area (Å²) in [5.41, 5.74) is 7.32. The highest BCUT2D eigenvalue weighted by Crippen LogP contribution is 2.26. The predicted molar refractivity (Wildman–Crippen MR) is 106 cm³/mol. The molecule has 7 heteroatoms. The zero-order valence-electron chi connectivity index (χ0n) is 15.3. The van der Waals surface area contributed by atoms with Gasteiger partial charge in [0.25, 0.3) is 15.9 Å². The number of anilines is 1. The van der Waals surface area contributed by atoms with E-state index < -0.39 is 10.0 Å². The molecule has 6 nitrogen and oxygen atoms in total. The molecule has 1 saturated carbocycles. The van der Waals surface area contributed by atoms with Crippen LogP contribution in [0.3, 0.4) is 0 Å². The quantitative estimate of drug-likeness (QED) is 0.709. The molecule has 2 unspecified atom stereocenters. The van der Waals surface area contributed by atoms with Crippen molar-refractivity contribution >= 4 is 21.6 Å². The normalized spacial score (nSPS) is 19.6. The van der Waals surface area contributed by atoms with E-state index >= 15 is 0 Å². The van der Waals surface area contributed by atoms with Crippen LogP contribution in [0.5, 0.6) is 0 Å². The average Bonchev–Trinajstić information content (AvgIpc) is 3.09. The highest BCUT2D eigenvalue weighted by atomic mass is 32.2. The number of hydrogen-bond acceptors (Lipinski definition) is 4. The van der Waals surface area contributed by atoms with Crippen LogP contribution in [0.2, 0.25) is 0 Å². The third-order valence-corrected chi connectivity index (χ3v) is 6.41. The van der Waals surface area contributed by atoms with Gasteiger partial charge in [-0.15, -0.1) is 0 Å². The summed E-state index contributed by atoms with van der Waals surface area (Å²) in [6.45, 7) is 2.42. The van der Waals surface area contributed by atoms with Crippen molar-refractivity contribution in [3.63, 3.8) is 0 Å². The molecular weight excluding hydrogens is 362 g/mol. The Kier molecular flexibility index (Phi) is 5.82. The third-order valence-electron chi connectivity index (χ3n) is 5.03. The molecule has 1 fully saturated rings. The van der Waals surface area contributed by atoms with Gasteiger partial charge in [-0.3, -0.25) is 9.52 Å². The van der Waals surface area contributed by atoms with Crippen LogP contribution in [0, 0.1) is 12.8 Å². The fourth-order valence-electron chi connectivity index (χ4n) is 3.45. The minimum atomic E-state index is -3.78. The van der Waals surface area contributed by atoms with Gasteiger partial charge in [0.05, 0.1) is 16.1 Å². The number of nitrogens with two attached hydrogens (primary N) is 1. The van der Waals surface area contributed by atoms with Crippen LogP contribution < -0.4 is 15.8 Å². The second-order valence-electron chi connectivity index (χ2n) is 6.97. The largest absolute Gasteiger partial charge is 0.349 e. The lowest BCUT2D eigenvalue weighted by Crippen LogP contribution is -2.40. The maximum atomic E-state index is 12.8. The Morgan fingerprint density at radius 1 is 1.11 bits per heavy atom. The van der Waals surface area contributed by atoms with E-state index in [1.807, 2.05) is 6.92 Å². The van der Waals surface area contributed by atoms with Crippen molar-refractivity contribution in [2.75, 3.05) is 11.3 Å². The van der Waals surface area contributed by atoms with Crippen molar-refractivity contribution in [2.24, 2.45) is 11.7 Å². The van der Waals surface area contributed by atoms with Gasteiger partial charge in [-0.2, -0.15) is 0 Å². The number of para-hydroxylation sites is 1. The maximum absolute atomic E-state index is 12.8. The fourth-order valence-corrected chi connectivity index (χ4v) is 4.53. The molecular formula is C20H25N3O3S. The highest BCUT2D eigenvalue weighted by molar-refractivity contribution is 7.92. The van der Waals surface area contributed by atoms with E-state index in [0.29, 0.717) is 12.1 Å². The van der Waals surface area contributed by atoms with Crippen LogP contribution in [0.25, 0.3) is 0 Å². The van der Waals surface area contributed by atoms with Gasteiger partial charge in [-0.1, -0.05) is 36.2 Å². The SMILES string of the molecule is Cc1ccc(S(=O)(=O)Nc2ccccc2C(=O)NC2CCCC2CN)cc1. The van der Waals surface area contributed by atoms with Crippen LogP contribution in [0.15, 0.2) is 53.4 Å². The highest BCUT2D eigenvalue weighted by Gasteiger charge is 2.28. The van der Waals surface area contributed by atoms with Gasteiger partial charge in [-0.05, 0) is 56.5 Å². The summed E-state index contributed by atoms with van der Waals surface area (Å²) in [5, 5.41) is 3.02. The number of aryl methyl sites for hydroxylation is 1. The van der Waals surface area contributed by atoms with Crippen molar-refractivity contribution in [1.29, 1.82) is 0 Å². The van der Waals surface area contributed by atoms with Gasteiger partial charge in [0.1, 0.15) is 0 Å². The van der Waals surface area contributed by atoms with Gasteiger partial charge >= 0.3 is 0 Å². The first-order valence-corrected chi connectivity index (χ1v) is 10.6. The zero-order valence-corrected chi connectivity index (χ0v) is 16.1. The van der Waals surface area contributed by atoms with E-state index in [0.717, 1.165) is 24.8 Å². The number of sulfonamides is 1. The summed E-state index contributed by atoms with van der Waals surface area (Å²) in [4.78, 5) is 12.9. The van der Waals surface area contributed by atoms with Crippen LogP contribution in [-0.2, 0) is 10.0 Å². The topological polar surface area (TPSA) is 101 Å². The smallest absolute Gasteiger partial charge is 0.261 e. The van der Waals surface area contributed by atoms with E-state index in [4.69, 9.17) is 5.73 Å². The number of hydrogen-bond donors (Lipinski definition) is 3. The fraction of sp³-hybridized carbons (Fsp3) is 0.350. The summed E-state index contributed by atoms with van der Waals surface area (Å²) in [6.07, 6.45) is 2.93. The molecule has 0 aromatic heterocycles. The van der Waals surface area contributed by atoms with Crippen molar-refractivity contribution < 1.29 is 13.2 Å². The molecule has 2 aromatic rings. The molecule has 3 rings (SSSR count). The Hall–Kier alpha value is -2.38. The van der Waals surface area contributed by atoms with Crippen molar-refractivity contribution in [1.82, 2.24) is 5.32 Å². The minimum absolute atomic E-state index is 0.0317. The number of amides is 1. The lowest BCUT2D eigenvalue weighted by atomic mass is 10.0. The Morgan fingerprint density at radius 2 is 1.81 bits per heavy atom. The lowest BCUT2D eigenvalue weighted by molar-refractivity contribution is 0.0929. The number of rotatable bonds is 6. The van der Waals surface area contributed by atoms with Gasteiger partial charge in [0.2, 0.25) is 0 Å². The van der Waals surface area contributed by atoms with E-state index in [1.54, 1.807) is 48.5 Å². The van der Waals surface area contributed by atoms with Crippen molar-refractivity contribution in [3.8, 4) is 0 Å². The minimum Gasteiger partial charge on any atom is -0.349 e. The maximum Gasteiger partial charge on any atom is 0.261 e. The van der Waals surface area contributed by atoms with E-state index in [-0.39, 0.29) is 28.4 Å². The molecule has 1 aliphatic carbocycles. The second kappa shape index (κ2) is 8.10. The summed E-state index contributed by atoms with van der Waals surface area (Å²) in [6, 6.07) is 13.2. The standard InChI is InChI=1S/C20H25N3O3S/c1-14-9-11-16(12-10-14)27(25,26)23-19-7-3-2-6-17(19)20(24)22-18-8-4-5-15(18)13-21/h2-3,6-7,9-12,15,18,23H,4-5,8,13,21H2,1H3,(H,22,24). The number of carbonyl (C=O) groups is 1. The Balaban J connectivity index is 1.81. The summed E-state index contributed by atoms with van der Waals surface area (Å²) < 4.78 is 27.9. The first-order valence-electron chi connectivity index (χ1n) is 9.10. The Morgan fingerprint density at radius 3 is 2.52 bits per heavy atom. The van der Waals surface area contributed by atoms with Crippen molar-refractivity contribution in [3.05, 3.63) is 59.7 Å². The second-order valence-corrected chi connectivity index (χ2v) is 8.65. The zero-order chi connectivity index (χ0) is 19.4. The van der Waals surface area contributed by atoms with Crippen LogP contribution in [0.4, 0.5) is 5.69 Å². The Bertz CT molecular complexity index is 910. The van der Waals surface area contributed by atoms with Gasteiger partial charge in [0.15, 0.2) is 0 Å². The molecule has 2 atom stereocenters. The van der Waals surface area contributed by atoms with Crippen LogP contribution in [-0.4, -0.2) is 26.9 Å². The molecule has 2 aromatic carbocycles. The number of carbonyl (C=O) groups excluding carboxylic acids is 1. The molecule has 0 spiro atoms. The molecule has 27 heavy (non-hydrogen) atoms. The van der Waals surface area contributed by atoms with Gasteiger partial charge < -0.3 is 11.1 Å². The van der Waals surface area contributed by atoms with Crippen LogP contribution in [0.1, 0.15) is 35.2 Å². The first-order chi connectivity index (χ1) is 12.9. The molecule has 0 bridgehead atoms. The number of benzene rings is 2. The average molecular weight is 388 g/mol. The summed E-state index contributed by atoms with van der Waals surface area (Å²) >= 11 is 0. The van der Waals surface area contributed by atoms with E-state index in [1.165, 1.54) is 0 Å². The van der Waals surface area contributed by atoms with Crippen molar-refractivity contribution in [2.45, 2.75) is 37.1 Å². The third kappa shape index (κ3) is 4.48. The molecule has 0 radical (unpaired) electrons. The molecule has 1 amide bonds. The summed E-state index contributed by atoms with van der Waals surface area (Å²) in [5.74, 6) is -0.0204. The van der Waals surface area contributed by atoms with Crippen LogP contribution >= 0.6 is 0 Å². The number of nitrogens with one attached hydrogen (secondary N) is 2. The molecule has 1 aliphatic rings. The molecule has 0 saturated heterocycles.